The van der Waals surface area contributed by atoms with Crippen LogP contribution in [0.4, 0.5) is 5.69 Å². The number of thioether (sulfide) groups is 1. The van der Waals surface area contributed by atoms with E-state index < -0.39 is 0 Å². The number of para-hydroxylation sites is 1. The van der Waals surface area contributed by atoms with E-state index in [1.807, 2.05) is 48.5 Å². The third-order valence-corrected chi connectivity index (χ3v) is 6.37. The van der Waals surface area contributed by atoms with Gasteiger partial charge in [0.15, 0.2) is 10.1 Å². The highest BCUT2D eigenvalue weighted by Crippen LogP contribution is 2.37. The van der Waals surface area contributed by atoms with Crippen molar-refractivity contribution >= 4 is 63.4 Å². The van der Waals surface area contributed by atoms with Crippen molar-refractivity contribution in [1.82, 2.24) is 0 Å². The Hall–Kier alpha value is -2.93. The molecule has 0 aromatic heterocycles. The molecule has 32 heavy (non-hydrogen) atoms. The molecule has 1 fully saturated rings. The molecule has 0 bridgehead atoms. The van der Waals surface area contributed by atoms with Crippen LogP contribution in [0.25, 0.3) is 6.08 Å². The summed E-state index contributed by atoms with van der Waals surface area (Å²) in [6.07, 6.45) is 1.78. The van der Waals surface area contributed by atoms with Crippen molar-refractivity contribution < 1.29 is 14.3 Å². The first-order valence-corrected chi connectivity index (χ1v) is 11.4. The molecule has 4 rings (SSSR count). The maximum atomic E-state index is 13.1. The minimum atomic E-state index is -0.229. The number of amides is 1. The molecule has 1 heterocycles. The smallest absolute Gasteiger partial charge is 0.270 e. The van der Waals surface area contributed by atoms with Gasteiger partial charge in [0, 0.05) is 16.1 Å². The Labute approximate surface area is 200 Å². The second kappa shape index (κ2) is 9.69. The van der Waals surface area contributed by atoms with Gasteiger partial charge in [-0.1, -0.05) is 78.0 Å². The van der Waals surface area contributed by atoms with E-state index in [0.717, 1.165) is 11.1 Å². The molecule has 0 unspecified atom stereocenters. The maximum absolute atomic E-state index is 13.1. The Morgan fingerprint density at radius 3 is 2.59 bits per heavy atom. The lowest BCUT2D eigenvalue weighted by atomic mass is 10.1. The lowest BCUT2D eigenvalue weighted by Gasteiger charge is -2.15. The molecular weight excluding hydrogens is 462 g/mol. The molecule has 1 amide bonds. The van der Waals surface area contributed by atoms with E-state index in [9.17, 15) is 9.59 Å². The third-order valence-electron chi connectivity index (χ3n) is 4.82. The van der Waals surface area contributed by atoms with E-state index >= 15 is 0 Å². The average Bonchev–Trinajstić information content (AvgIpc) is 3.07. The highest BCUT2D eigenvalue weighted by Gasteiger charge is 2.33. The number of anilines is 1. The molecule has 3 aromatic carbocycles. The lowest BCUT2D eigenvalue weighted by Crippen LogP contribution is -2.27. The molecule has 0 N–H and O–H groups in total. The molecule has 160 valence electrons. The van der Waals surface area contributed by atoms with Gasteiger partial charge in [-0.2, -0.15) is 0 Å². The van der Waals surface area contributed by atoms with E-state index in [0.29, 0.717) is 37.9 Å². The summed E-state index contributed by atoms with van der Waals surface area (Å²) < 4.78 is 6.41. The fourth-order valence-electron chi connectivity index (χ4n) is 3.17. The molecule has 1 saturated heterocycles. The molecule has 4 nitrogen and oxygen atoms in total. The molecule has 1 aliphatic rings. The normalized spacial score (nSPS) is 14.8. The molecule has 0 atom stereocenters. The van der Waals surface area contributed by atoms with Gasteiger partial charge in [0.25, 0.3) is 5.91 Å². The van der Waals surface area contributed by atoms with Crippen molar-refractivity contribution in [3.05, 3.63) is 99.4 Å². The van der Waals surface area contributed by atoms with Gasteiger partial charge in [-0.15, -0.1) is 0 Å². The van der Waals surface area contributed by atoms with Gasteiger partial charge in [0.05, 0.1) is 10.6 Å². The zero-order valence-corrected chi connectivity index (χ0v) is 19.5. The second-order valence-corrected chi connectivity index (χ2v) is 9.19. The number of carbonyl (C=O) groups excluding carboxylic acids is 2. The van der Waals surface area contributed by atoms with Crippen LogP contribution in [0.15, 0.2) is 77.7 Å². The van der Waals surface area contributed by atoms with Crippen molar-refractivity contribution in [3.63, 3.8) is 0 Å². The summed E-state index contributed by atoms with van der Waals surface area (Å²) in [6.45, 7) is 1.87. The number of rotatable bonds is 6. The maximum Gasteiger partial charge on any atom is 0.270 e. The van der Waals surface area contributed by atoms with Gasteiger partial charge in [0.1, 0.15) is 12.4 Å². The number of ether oxygens (including phenoxy) is 1. The van der Waals surface area contributed by atoms with Crippen LogP contribution in [0.1, 0.15) is 28.4 Å². The van der Waals surface area contributed by atoms with Gasteiger partial charge in [-0.05, 0) is 48.9 Å². The summed E-state index contributed by atoms with van der Waals surface area (Å²) in [6, 6.07) is 21.9. The van der Waals surface area contributed by atoms with E-state index in [1.165, 1.54) is 23.6 Å². The van der Waals surface area contributed by atoms with E-state index in [1.54, 1.807) is 30.3 Å². The van der Waals surface area contributed by atoms with Crippen molar-refractivity contribution in [2.24, 2.45) is 0 Å². The Balaban J connectivity index is 1.57. The molecule has 1 aliphatic heterocycles. The second-order valence-electron chi connectivity index (χ2n) is 7.08. The lowest BCUT2D eigenvalue weighted by molar-refractivity contribution is -0.113. The summed E-state index contributed by atoms with van der Waals surface area (Å²) in [4.78, 5) is 26.8. The fourth-order valence-corrected chi connectivity index (χ4v) is 4.58. The van der Waals surface area contributed by atoms with Crippen molar-refractivity contribution in [3.8, 4) is 5.75 Å². The zero-order chi connectivity index (χ0) is 22.7. The van der Waals surface area contributed by atoms with Gasteiger partial charge in [-0.25, -0.2) is 0 Å². The fraction of sp³-hybridized carbons (Fsp3) is 0.0800. The number of Topliss-reactive ketones (excluding diaryl/α,β-unsaturated/α-hetero) is 1. The number of ketones is 1. The minimum absolute atomic E-state index is 0.0698. The predicted molar refractivity (Wildman–Crippen MR) is 134 cm³/mol. The van der Waals surface area contributed by atoms with Gasteiger partial charge in [-0.3, -0.25) is 14.5 Å². The highest BCUT2D eigenvalue weighted by atomic mass is 35.5. The van der Waals surface area contributed by atoms with Crippen LogP contribution in [0.3, 0.4) is 0 Å². The van der Waals surface area contributed by atoms with Crippen molar-refractivity contribution in [1.29, 1.82) is 0 Å². The third kappa shape index (κ3) is 4.93. The quantitative estimate of drug-likeness (QED) is 0.228. The standard InChI is InChI=1S/C25H18ClNO3S2/c1-16(28)18-6-4-7-21(13-18)27-24(29)23(32-25(27)31)14-19-5-2-3-8-22(19)30-15-17-9-11-20(26)12-10-17/h2-14H,15H2,1H3. The summed E-state index contributed by atoms with van der Waals surface area (Å²) >= 11 is 12.6. The largest absolute Gasteiger partial charge is 0.488 e. The number of hydrogen-bond acceptors (Lipinski definition) is 5. The molecule has 0 spiro atoms. The van der Waals surface area contributed by atoms with Crippen molar-refractivity contribution in [2.45, 2.75) is 13.5 Å². The average molecular weight is 480 g/mol. The number of thiocarbonyl (C=S) groups is 1. The summed E-state index contributed by atoms with van der Waals surface area (Å²) in [5, 5.41) is 0.671. The molecule has 0 saturated carbocycles. The summed E-state index contributed by atoms with van der Waals surface area (Å²) in [5.74, 6) is 0.360. The Morgan fingerprint density at radius 1 is 1.09 bits per heavy atom. The van der Waals surface area contributed by atoms with Crippen LogP contribution < -0.4 is 9.64 Å². The van der Waals surface area contributed by atoms with E-state index in [2.05, 4.69) is 0 Å². The monoisotopic (exact) mass is 479 g/mol. The van der Waals surface area contributed by atoms with Crippen LogP contribution in [0.2, 0.25) is 5.02 Å². The van der Waals surface area contributed by atoms with Crippen LogP contribution in [0, 0.1) is 0 Å². The minimum Gasteiger partial charge on any atom is -0.488 e. The van der Waals surface area contributed by atoms with Crippen molar-refractivity contribution in [2.75, 3.05) is 4.90 Å². The van der Waals surface area contributed by atoms with Crippen LogP contribution in [0.5, 0.6) is 5.75 Å². The molecule has 0 radical (unpaired) electrons. The number of hydrogen-bond donors (Lipinski definition) is 0. The van der Waals surface area contributed by atoms with Crippen LogP contribution in [-0.2, 0) is 11.4 Å². The number of nitrogens with zero attached hydrogens (tertiary/aromatic N) is 1. The highest BCUT2D eigenvalue weighted by molar-refractivity contribution is 8.27. The predicted octanol–water partition coefficient (Wildman–Crippen LogP) is 6.53. The summed E-state index contributed by atoms with van der Waals surface area (Å²) in [5.41, 5.74) is 2.87. The summed E-state index contributed by atoms with van der Waals surface area (Å²) in [7, 11) is 0. The first kappa shape index (κ1) is 22.3. The molecular formula is C25H18ClNO3S2. The molecule has 0 aliphatic carbocycles. The van der Waals surface area contributed by atoms with Gasteiger partial charge >= 0.3 is 0 Å². The molecule has 3 aromatic rings. The SMILES string of the molecule is CC(=O)c1cccc(N2C(=O)C(=Cc3ccccc3OCc3ccc(Cl)cc3)SC2=S)c1. The van der Waals surface area contributed by atoms with Gasteiger partial charge in [0.2, 0.25) is 0 Å². The van der Waals surface area contributed by atoms with E-state index in [-0.39, 0.29) is 11.7 Å². The number of benzene rings is 3. The Bertz CT molecular complexity index is 1240. The van der Waals surface area contributed by atoms with Crippen LogP contribution >= 0.6 is 35.6 Å². The van der Waals surface area contributed by atoms with E-state index in [4.69, 9.17) is 28.6 Å². The molecule has 7 heteroatoms. The topological polar surface area (TPSA) is 46.6 Å². The Morgan fingerprint density at radius 2 is 1.84 bits per heavy atom. The Kier molecular flexibility index (Phi) is 6.74. The zero-order valence-electron chi connectivity index (χ0n) is 17.1. The number of carbonyl (C=O) groups is 2. The number of halogens is 1. The first-order chi connectivity index (χ1) is 15.4. The van der Waals surface area contributed by atoms with Crippen LogP contribution in [-0.4, -0.2) is 16.0 Å². The first-order valence-electron chi connectivity index (χ1n) is 9.77. The van der Waals surface area contributed by atoms with Gasteiger partial charge < -0.3 is 4.74 Å².